The molecule has 2 aromatic rings. The second-order valence-corrected chi connectivity index (χ2v) is 10.8. The van der Waals surface area contributed by atoms with Crippen molar-refractivity contribution in [3.05, 3.63) is 47.5 Å². The van der Waals surface area contributed by atoms with Gasteiger partial charge in [-0.1, -0.05) is 44.2 Å². The van der Waals surface area contributed by atoms with E-state index in [1.54, 1.807) is 11.9 Å². The molecule has 0 unspecified atom stereocenters. The lowest BCUT2D eigenvalue weighted by Crippen LogP contribution is -2.40. The monoisotopic (exact) mass is 507 g/mol. The maximum absolute atomic E-state index is 12.9. The van der Waals surface area contributed by atoms with Gasteiger partial charge in [0, 0.05) is 13.1 Å². The van der Waals surface area contributed by atoms with Crippen molar-refractivity contribution in [2.24, 2.45) is 0 Å². The van der Waals surface area contributed by atoms with E-state index in [1.165, 1.54) is 0 Å². The van der Waals surface area contributed by atoms with Crippen LogP contribution in [-0.2, 0) is 23.0 Å². The third kappa shape index (κ3) is 9.95. The summed E-state index contributed by atoms with van der Waals surface area (Å²) < 4.78 is 28.6. The molecule has 0 bridgehead atoms. The lowest BCUT2D eigenvalue weighted by molar-refractivity contribution is 0.197. The zero-order valence-electron chi connectivity index (χ0n) is 21.6. The van der Waals surface area contributed by atoms with Crippen LogP contribution in [0.3, 0.4) is 0 Å². The van der Waals surface area contributed by atoms with E-state index in [0.717, 1.165) is 25.2 Å². The molecule has 35 heavy (non-hydrogen) atoms. The smallest absolute Gasteiger partial charge is 0.317 e. The van der Waals surface area contributed by atoms with Crippen molar-refractivity contribution < 1.29 is 13.2 Å². The first-order valence-corrected chi connectivity index (χ1v) is 14.0. The van der Waals surface area contributed by atoms with Crippen LogP contribution in [0.15, 0.2) is 30.3 Å². The number of nitrogens with zero attached hydrogens (tertiary/aromatic N) is 4. The van der Waals surface area contributed by atoms with Gasteiger partial charge >= 0.3 is 6.03 Å². The molecule has 0 fully saturated rings. The van der Waals surface area contributed by atoms with Gasteiger partial charge in [0.05, 0.1) is 18.3 Å². The van der Waals surface area contributed by atoms with Crippen molar-refractivity contribution in [1.29, 1.82) is 0 Å². The second-order valence-electron chi connectivity index (χ2n) is 8.89. The van der Waals surface area contributed by atoms with Crippen LogP contribution < -0.4 is 10.0 Å². The number of benzene rings is 1. The molecule has 1 heterocycles. The predicted molar refractivity (Wildman–Crippen MR) is 138 cm³/mol. The number of urea groups is 1. The molecule has 0 spiro atoms. The highest BCUT2D eigenvalue weighted by molar-refractivity contribution is 7.89. The normalized spacial score (nSPS) is 12.8. The Bertz CT molecular complexity index is 992. The number of aromatic nitrogens is 3. The number of hydrogen-bond donors (Lipinski definition) is 3. The fourth-order valence-electron chi connectivity index (χ4n) is 3.56. The fourth-order valence-corrected chi connectivity index (χ4v) is 4.85. The number of aryl methyl sites for hydroxylation is 1. The van der Waals surface area contributed by atoms with E-state index in [0.29, 0.717) is 30.9 Å². The summed E-state index contributed by atoms with van der Waals surface area (Å²) >= 11 is 0. The van der Waals surface area contributed by atoms with Crippen LogP contribution in [0.4, 0.5) is 4.79 Å². The van der Waals surface area contributed by atoms with Crippen molar-refractivity contribution in [2.75, 3.05) is 32.4 Å². The molecular weight excluding hydrogens is 466 g/mol. The van der Waals surface area contributed by atoms with Gasteiger partial charge in [-0.3, -0.25) is 5.10 Å². The SMILES string of the molecule is CCN(CC)CCCS(=O)(=O)N[C@H](CCc1ccccc1)c1nc(CNC(=O)N(C)C(C)C)n[nH]1. The van der Waals surface area contributed by atoms with Crippen molar-refractivity contribution >= 4 is 16.1 Å². The van der Waals surface area contributed by atoms with E-state index in [4.69, 9.17) is 0 Å². The van der Waals surface area contributed by atoms with Crippen LogP contribution in [-0.4, -0.2) is 77.9 Å². The van der Waals surface area contributed by atoms with Crippen LogP contribution in [0.5, 0.6) is 0 Å². The molecule has 0 radical (unpaired) electrons. The van der Waals surface area contributed by atoms with E-state index in [-0.39, 0.29) is 24.4 Å². The van der Waals surface area contributed by atoms with Gasteiger partial charge < -0.3 is 15.1 Å². The van der Waals surface area contributed by atoms with E-state index >= 15 is 0 Å². The summed E-state index contributed by atoms with van der Waals surface area (Å²) in [6.07, 6.45) is 1.76. The second kappa shape index (κ2) is 14.2. The summed E-state index contributed by atoms with van der Waals surface area (Å²) in [7, 11) is -1.80. The molecule has 3 N–H and O–H groups in total. The number of H-pyrrole nitrogens is 1. The van der Waals surface area contributed by atoms with Gasteiger partial charge in [0.1, 0.15) is 5.82 Å². The fraction of sp³-hybridized carbons (Fsp3) is 0.625. The Morgan fingerprint density at radius 1 is 1.14 bits per heavy atom. The predicted octanol–water partition coefficient (Wildman–Crippen LogP) is 2.68. The summed E-state index contributed by atoms with van der Waals surface area (Å²) in [6.45, 7) is 10.7. The summed E-state index contributed by atoms with van der Waals surface area (Å²) in [5.74, 6) is 0.884. The highest BCUT2D eigenvalue weighted by Gasteiger charge is 2.23. The zero-order valence-corrected chi connectivity index (χ0v) is 22.4. The molecule has 2 amide bonds. The van der Waals surface area contributed by atoms with Crippen molar-refractivity contribution in [1.82, 2.24) is 35.0 Å². The molecule has 2 rings (SSSR count). The molecule has 0 saturated carbocycles. The Morgan fingerprint density at radius 2 is 1.83 bits per heavy atom. The number of nitrogens with one attached hydrogen (secondary N) is 3. The first-order valence-electron chi connectivity index (χ1n) is 12.3. The lowest BCUT2D eigenvalue weighted by atomic mass is 10.1. The van der Waals surface area contributed by atoms with Crippen LogP contribution in [0.2, 0.25) is 0 Å². The summed E-state index contributed by atoms with van der Waals surface area (Å²) in [4.78, 5) is 20.5. The Balaban J connectivity index is 2.07. The molecule has 11 heteroatoms. The topological polar surface area (TPSA) is 123 Å². The summed E-state index contributed by atoms with van der Waals surface area (Å²) in [5.41, 5.74) is 1.11. The molecule has 196 valence electrons. The third-order valence-electron chi connectivity index (χ3n) is 6.04. The van der Waals surface area contributed by atoms with E-state index in [2.05, 4.69) is 44.0 Å². The van der Waals surface area contributed by atoms with Gasteiger partial charge in [-0.2, -0.15) is 5.10 Å². The zero-order chi connectivity index (χ0) is 25.8. The molecule has 0 aliphatic carbocycles. The maximum Gasteiger partial charge on any atom is 0.317 e. The minimum absolute atomic E-state index is 0.0456. The number of rotatable bonds is 15. The lowest BCUT2D eigenvalue weighted by Gasteiger charge is -2.21. The van der Waals surface area contributed by atoms with Crippen LogP contribution in [0, 0.1) is 0 Å². The number of amides is 2. The van der Waals surface area contributed by atoms with Crippen LogP contribution in [0.1, 0.15) is 63.8 Å². The van der Waals surface area contributed by atoms with Gasteiger partial charge in [-0.05, 0) is 58.3 Å². The third-order valence-corrected chi connectivity index (χ3v) is 7.51. The summed E-state index contributed by atoms with van der Waals surface area (Å²) in [6, 6.07) is 9.20. The molecule has 1 atom stereocenters. The molecule has 0 aliphatic heterocycles. The van der Waals surface area contributed by atoms with E-state index in [1.807, 2.05) is 44.2 Å². The molecule has 1 aromatic heterocycles. The Hall–Kier alpha value is -2.50. The number of carbonyl (C=O) groups excluding carboxylic acids is 1. The largest absolute Gasteiger partial charge is 0.331 e. The maximum atomic E-state index is 12.9. The Labute approximate surface area is 209 Å². The summed E-state index contributed by atoms with van der Waals surface area (Å²) in [5, 5.41) is 9.85. The van der Waals surface area contributed by atoms with Gasteiger partial charge in [-0.15, -0.1) is 0 Å². The number of hydrogen-bond acceptors (Lipinski definition) is 6. The average Bonchev–Trinajstić information content (AvgIpc) is 3.32. The van der Waals surface area contributed by atoms with E-state index in [9.17, 15) is 13.2 Å². The van der Waals surface area contributed by atoms with Crippen molar-refractivity contribution in [2.45, 2.75) is 65.6 Å². The molecule has 1 aromatic carbocycles. The highest BCUT2D eigenvalue weighted by Crippen LogP contribution is 2.18. The average molecular weight is 508 g/mol. The highest BCUT2D eigenvalue weighted by atomic mass is 32.2. The molecule has 10 nitrogen and oxygen atoms in total. The van der Waals surface area contributed by atoms with Gasteiger partial charge in [0.15, 0.2) is 5.82 Å². The Morgan fingerprint density at radius 3 is 2.46 bits per heavy atom. The first-order chi connectivity index (χ1) is 16.6. The Kier molecular flexibility index (Phi) is 11.6. The number of carbonyl (C=O) groups is 1. The molecule has 0 saturated heterocycles. The van der Waals surface area contributed by atoms with Crippen molar-refractivity contribution in [3.63, 3.8) is 0 Å². The number of aromatic amines is 1. The number of sulfonamides is 1. The first kappa shape index (κ1) is 28.7. The van der Waals surface area contributed by atoms with Crippen LogP contribution >= 0.6 is 0 Å². The minimum Gasteiger partial charge on any atom is -0.331 e. The van der Waals surface area contributed by atoms with Crippen molar-refractivity contribution in [3.8, 4) is 0 Å². The molecule has 0 aliphatic rings. The van der Waals surface area contributed by atoms with Gasteiger partial charge in [0.2, 0.25) is 10.0 Å². The van der Waals surface area contributed by atoms with Crippen LogP contribution in [0.25, 0.3) is 0 Å². The minimum atomic E-state index is -3.52. The van der Waals surface area contributed by atoms with Gasteiger partial charge in [0.25, 0.3) is 0 Å². The standard InChI is InChI=1S/C24H41N7O3S/c1-6-31(7-2)16-11-17-35(33,34)29-21(15-14-20-12-9-8-10-13-20)23-26-22(27-28-23)18-25-24(32)30(5)19(3)4/h8-10,12-13,19,21,29H,6-7,11,14-18H2,1-5H3,(H,25,32)(H,26,27,28)/t21-/m1/s1. The van der Waals surface area contributed by atoms with E-state index < -0.39 is 16.1 Å². The van der Waals surface area contributed by atoms with Gasteiger partial charge in [-0.25, -0.2) is 22.9 Å². The quantitative estimate of drug-likeness (QED) is 0.341. The molecular formula is C24H41N7O3S.